The first-order valence-corrected chi connectivity index (χ1v) is 8.80. The number of nitrogens with one attached hydrogen (secondary N) is 1. The number of halogens is 1. The topological polar surface area (TPSA) is 75.4 Å². The third-order valence-corrected chi connectivity index (χ3v) is 5.62. The molecule has 0 aliphatic carbocycles. The molecule has 1 unspecified atom stereocenters. The van der Waals surface area contributed by atoms with Gasteiger partial charge in [-0.1, -0.05) is 18.5 Å². The molecule has 3 N–H and O–H groups in total. The van der Waals surface area contributed by atoms with E-state index in [4.69, 9.17) is 17.3 Å². The van der Waals surface area contributed by atoms with Crippen molar-refractivity contribution in [3.8, 4) is 0 Å². The Kier molecular flexibility index (Phi) is 6.46. The number of nitrogens with two attached hydrogens (primary N) is 1. The molecule has 0 bridgehead atoms. The Morgan fingerprint density at radius 1 is 1.43 bits per heavy atom. The van der Waals surface area contributed by atoms with Gasteiger partial charge in [-0.25, -0.2) is 13.1 Å². The second-order valence-corrected chi connectivity index (χ2v) is 7.42. The van der Waals surface area contributed by atoms with Crippen LogP contribution < -0.4 is 10.5 Å². The van der Waals surface area contributed by atoms with Crippen LogP contribution in [0.5, 0.6) is 0 Å². The van der Waals surface area contributed by atoms with Gasteiger partial charge in [-0.3, -0.25) is 0 Å². The molecule has 0 radical (unpaired) electrons. The third kappa shape index (κ3) is 4.85. The van der Waals surface area contributed by atoms with Crippen LogP contribution in [0.1, 0.15) is 25.8 Å². The zero-order valence-electron chi connectivity index (χ0n) is 13.0. The monoisotopic (exact) mass is 333 g/mol. The van der Waals surface area contributed by atoms with Crippen molar-refractivity contribution in [2.75, 3.05) is 25.9 Å². The highest BCUT2D eigenvalue weighted by Crippen LogP contribution is 2.26. The maximum atomic E-state index is 12.2. The lowest BCUT2D eigenvalue weighted by Crippen LogP contribution is -2.37. The molecule has 0 aliphatic rings. The van der Waals surface area contributed by atoms with Crippen molar-refractivity contribution in [3.63, 3.8) is 0 Å². The van der Waals surface area contributed by atoms with E-state index >= 15 is 0 Å². The lowest BCUT2D eigenvalue weighted by Gasteiger charge is -2.23. The van der Waals surface area contributed by atoms with Gasteiger partial charge in [-0.2, -0.15) is 0 Å². The van der Waals surface area contributed by atoms with Crippen LogP contribution >= 0.6 is 11.6 Å². The van der Waals surface area contributed by atoms with Crippen LogP contribution in [0.25, 0.3) is 0 Å². The minimum atomic E-state index is -3.57. The van der Waals surface area contributed by atoms with E-state index in [-0.39, 0.29) is 10.6 Å². The number of likely N-dealkylation sites (N-methyl/N-ethyl adjacent to an activating group) is 1. The van der Waals surface area contributed by atoms with Gasteiger partial charge in [0.25, 0.3) is 0 Å². The second kappa shape index (κ2) is 7.45. The molecule has 0 saturated carbocycles. The average molecular weight is 334 g/mol. The maximum absolute atomic E-state index is 12.2. The largest absolute Gasteiger partial charge is 0.397 e. The number of rotatable bonds is 7. The number of hydrogen-bond acceptors (Lipinski definition) is 4. The van der Waals surface area contributed by atoms with E-state index < -0.39 is 10.0 Å². The fourth-order valence-corrected chi connectivity index (χ4v) is 3.14. The van der Waals surface area contributed by atoms with E-state index in [2.05, 4.69) is 23.5 Å². The highest BCUT2D eigenvalue weighted by molar-refractivity contribution is 7.89. The summed E-state index contributed by atoms with van der Waals surface area (Å²) in [5.74, 6) is 0. The Bertz CT molecular complexity index is 567. The molecule has 0 saturated heterocycles. The summed E-state index contributed by atoms with van der Waals surface area (Å²) < 4.78 is 27.1. The molecule has 0 amide bonds. The first kappa shape index (κ1) is 18.2. The molecular weight excluding hydrogens is 310 g/mol. The molecule has 1 atom stereocenters. The van der Waals surface area contributed by atoms with Crippen molar-refractivity contribution >= 4 is 27.3 Å². The fraction of sp³-hybridized carbons (Fsp3) is 0.571. The smallest absolute Gasteiger partial charge is 0.240 e. The number of aryl methyl sites for hydroxylation is 1. The summed E-state index contributed by atoms with van der Waals surface area (Å²) in [6.07, 6.45) is 1.02. The van der Waals surface area contributed by atoms with Gasteiger partial charge in [0.1, 0.15) is 0 Å². The molecule has 120 valence electrons. The summed E-state index contributed by atoms with van der Waals surface area (Å²) in [6.45, 7) is 6.94. The van der Waals surface area contributed by atoms with E-state index in [1.807, 2.05) is 7.05 Å². The number of anilines is 1. The first-order chi connectivity index (χ1) is 9.69. The van der Waals surface area contributed by atoms with Gasteiger partial charge in [0.05, 0.1) is 15.6 Å². The predicted molar refractivity (Wildman–Crippen MR) is 88.2 cm³/mol. The Labute approximate surface area is 132 Å². The zero-order chi connectivity index (χ0) is 16.2. The number of nitrogens with zero attached hydrogens (tertiary/aromatic N) is 1. The lowest BCUT2D eigenvalue weighted by atomic mass is 10.2. The zero-order valence-corrected chi connectivity index (χ0v) is 14.6. The average Bonchev–Trinajstić information content (AvgIpc) is 2.42. The van der Waals surface area contributed by atoms with E-state index in [0.29, 0.717) is 29.7 Å². The Balaban J connectivity index is 2.75. The highest BCUT2D eigenvalue weighted by Gasteiger charge is 2.17. The standard InChI is InChI=1S/C14H24ClN3O2S/c1-5-11(3)18(4)7-6-17-21(19,20)12-8-10(2)14(15)13(16)9-12/h8-9,11,17H,5-7,16H2,1-4H3. The second-order valence-electron chi connectivity index (χ2n) is 5.28. The van der Waals surface area contributed by atoms with E-state index in [0.717, 1.165) is 6.42 Å². The molecule has 0 aromatic heterocycles. The minimum Gasteiger partial charge on any atom is -0.397 e. The molecule has 7 heteroatoms. The van der Waals surface area contributed by atoms with Crippen molar-refractivity contribution in [1.82, 2.24) is 9.62 Å². The molecule has 21 heavy (non-hydrogen) atoms. The van der Waals surface area contributed by atoms with Crippen LogP contribution in [0.3, 0.4) is 0 Å². The van der Waals surface area contributed by atoms with Gasteiger partial charge in [-0.15, -0.1) is 0 Å². The lowest BCUT2D eigenvalue weighted by molar-refractivity contribution is 0.256. The molecule has 0 aliphatic heterocycles. The molecule has 5 nitrogen and oxygen atoms in total. The van der Waals surface area contributed by atoms with Gasteiger partial charge >= 0.3 is 0 Å². The van der Waals surface area contributed by atoms with Crippen molar-refractivity contribution in [3.05, 3.63) is 22.7 Å². The summed E-state index contributed by atoms with van der Waals surface area (Å²) in [7, 11) is -1.59. The fourth-order valence-electron chi connectivity index (χ4n) is 1.89. The highest BCUT2D eigenvalue weighted by atomic mass is 35.5. The van der Waals surface area contributed by atoms with E-state index in [1.165, 1.54) is 12.1 Å². The van der Waals surface area contributed by atoms with Crippen LogP contribution in [0.4, 0.5) is 5.69 Å². The molecule has 0 spiro atoms. The number of sulfonamides is 1. The van der Waals surface area contributed by atoms with Gasteiger partial charge in [0, 0.05) is 19.1 Å². The predicted octanol–water partition coefficient (Wildman–Crippen LogP) is 2.24. The Hall–Kier alpha value is -0.820. The van der Waals surface area contributed by atoms with E-state index in [9.17, 15) is 8.42 Å². The summed E-state index contributed by atoms with van der Waals surface area (Å²) in [5, 5.41) is 0.394. The van der Waals surface area contributed by atoms with Crippen LogP contribution in [0.15, 0.2) is 17.0 Å². The Morgan fingerprint density at radius 2 is 2.05 bits per heavy atom. The van der Waals surface area contributed by atoms with E-state index in [1.54, 1.807) is 6.92 Å². The van der Waals surface area contributed by atoms with Gasteiger partial charge < -0.3 is 10.6 Å². The molecule has 0 fully saturated rings. The maximum Gasteiger partial charge on any atom is 0.240 e. The number of benzene rings is 1. The third-order valence-electron chi connectivity index (χ3n) is 3.67. The Morgan fingerprint density at radius 3 is 2.57 bits per heavy atom. The minimum absolute atomic E-state index is 0.146. The SMILES string of the molecule is CCC(C)N(C)CCNS(=O)(=O)c1cc(C)c(Cl)c(N)c1. The first-order valence-electron chi connectivity index (χ1n) is 6.94. The van der Waals surface area contributed by atoms with Crippen LogP contribution in [0, 0.1) is 6.92 Å². The molecule has 1 aromatic rings. The summed E-state index contributed by atoms with van der Waals surface area (Å²) in [6, 6.07) is 3.33. The number of nitrogen functional groups attached to an aromatic ring is 1. The van der Waals surface area contributed by atoms with Crippen molar-refractivity contribution in [2.24, 2.45) is 0 Å². The summed E-state index contributed by atoms with van der Waals surface area (Å²) in [4.78, 5) is 2.26. The van der Waals surface area contributed by atoms with Crippen LogP contribution in [0.2, 0.25) is 5.02 Å². The van der Waals surface area contributed by atoms with Crippen molar-refractivity contribution in [2.45, 2.75) is 38.1 Å². The molecule has 1 aromatic carbocycles. The van der Waals surface area contributed by atoms with Crippen LogP contribution in [-0.2, 0) is 10.0 Å². The normalized spacial score (nSPS) is 13.6. The van der Waals surface area contributed by atoms with Gasteiger partial charge in [0.15, 0.2) is 0 Å². The molecule has 1 rings (SSSR count). The molecular formula is C14H24ClN3O2S. The summed E-state index contributed by atoms with van der Waals surface area (Å²) in [5.41, 5.74) is 6.64. The van der Waals surface area contributed by atoms with Crippen molar-refractivity contribution < 1.29 is 8.42 Å². The van der Waals surface area contributed by atoms with Gasteiger partial charge in [-0.05, 0) is 45.0 Å². The number of hydrogen-bond donors (Lipinski definition) is 2. The summed E-state index contributed by atoms with van der Waals surface area (Å²) >= 11 is 5.95. The molecule has 0 heterocycles. The van der Waals surface area contributed by atoms with Gasteiger partial charge in [0.2, 0.25) is 10.0 Å². The van der Waals surface area contributed by atoms with Crippen LogP contribution in [-0.4, -0.2) is 39.5 Å². The van der Waals surface area contributed by atoms with Crippen molar-refractivity contribution in [1.29, 1.82) is 0 Å². The quantitative estimate of drug-likeness (QED) is 0.750.